The Bertz CT molecular complexity index is 1120. The highest BCUT2D eigenvalue weighted by Crippen LogP contribution is 2.22. The summed E-state index contributed by atoms with van der Waals surface area (Å²) in [7, 11) is -1.80. The molecule has 0 saturated carbocycles. The summed E-state index contributed by atoms with van der Waals surface area (Å²) in [6, 6.07) is 7.46. The second-order valence-corrected chi connectivity index (χ2v) is 9.62. The molecule has 164 valence electrons. The minimum Gasteiger partial charge on any atom is -0.352 e. The first kappa shape index (κ1) is 21.2. The summed E-state index contributed by atoms with van der Waals surface area (Å²) >= 11 is 0. The van der Waals surface area contributed by atoms with Crippen LogP contribution in [0.1, 0.15) is 25.6 Å². The van der Waals surface area contributed by atoms with Gasteiger partial charge in [0.15, 0.2) is 16.7 Å². The average molecular weight is 443 g/mol. The number of pyridine rings is 1. The van der Waals surface area contributed by atoms with Crippen molar-refractivity contribution in [3.63, 3.8) is 0 Å². The number of nitrogens with zero attached hydrogens (tertiary/aromatic N) is 7. The molecule has 0 unspecified atom stereocenters. The highest BCUT2D eigenvalue weighted by molar-refractivity contribution is 7.89. The monoisotopic (exact) mass is 442 g/mol. The number of sulfonamides is 1. The Morgan fingerprint density at radius 2 is 1.84 bits per heavy atom. The van der Waals surface area contributed by atoms with Gasteiger partial charge >= 0.3 is 0 Å². The van der Waals surface area contributed by atoms with Crippen LogP contribution >= 0.6 is 0 Å². The summed E-state index contributed by atoms with van der Waals surface area (Å²) in [5, 5.41) is 11.8. The smallest absolute Gasteiger partial charge is 0.262 e. The van der Waals surface area contributed by atoms with E-state index in [-0.39, 0.29) is 10.9 Å². The molecular weight excluding hydrogens is 416 g/mol. The van der Waals surface area contributed by atoms with Gasteiger partial charge in [-0.3, -0.25) is 4.98 Å². The van der Waals surface area contributed by atoms with Crippen molar-refractivity contribution in [2.24, 2.45) is 7.05 Å². The SMILES string of the molecule is CC(C)c1nc(S(=O)(=O)N2CCN(c3ccc(Nc4cccnc4)nn3)CC2)cn1C. The van der Waals surface area contributed by atoms with E-state index < -0.39 is 10.0 Å². The maximum absolute atomic E-state index is 13.0. The Labute approximate surface area is 182 Å². The minimum atomic E-state index is -3.62. The van der Waals surface area contributed by atoms with E-state index in [1.54, 1.807) is 23.2 Å². The van der Waals surface area contributed by atoms with E-state index in [0.29, 0.717) is 37.8 Å². The van der Waals surface area contributed by atoms with Gasteiger partial charge in [-0.05, 0) is 24.3 Å². The van der Waals surface area contributed by atoms with Gasteiger partial charge in [-0.15, -0.1) is 10.2 Å². The molecule has 1 N–H and O–H groups in total. The third kappa shape index (κ3) is 4.52. The molecule has 3 aromatic heterocycles. The summed E-state index contributed by atoms with van der Waals surface area (Å²) in [5.41, 5.74) is 0.832. The molecule has 0 aliphatic carbocycles. The van der Waals surface area contributed by atoms with Crippen LogP contribution in [-0.4, -0.2) is 63.6 Å². The molecule has 4 rings (SSSR count). The quantitative estimate of drug-likeness (QED) is 0.617. The second-order valence-electron chi connectivity index (χ2n) is 7.74. The van der Waals surface area contributed by atoms with Crippen molar-refractivity contribution in [3.05, 3.63) is 48.7 Å². The van der Waals surface area contributed by atoms with E-state index in [2.05, 4.69) is 25.5 Å². The third-order valence-corrected chi connectivity index (χ3v) is 6.93. The Morgan fingerprint density at radius 3 is 2.42 bits per heavy atom. The number of imidazole rings is 1. The normalized spacial score (nSPS) is 15.4. The summed E-state index contributed by atoms with van der Waals surface area (Å²) in [6.45, 7) is 5.80. The van der Waals surface area contributed by atoms with Gasteiger partial charge in [0.1, 0.15) is 5.82 Å². The van der Waals surface area contributed by atoms with Crippen LogP contribution in [0, 0.1) is 0 Å². The lowest BCUT2D eigenvalue weighted by molar-refractivity contribution is 0.382. The average Bonchev–Trinajstić information content (AvgIpc) is 3.18. The Morgan fingerprint density at radius 1 is 1.06 bits per heavy atom. The van der Waals surface area contributed by atoms with Crippen molar-refractivity contribution < 1.29 is 8.42 Å². The van der Waals surface area contributed by atoms with E-state index in [1.807, 2.05) is 50.1 Å². The number of piperazine rings is 1. The summed E-state index contributed by atoms with van der Waals surface area (Å²) < 4.78 is 29.3. The van der Waals surface area contributed by atoms with Crippen LogP contribution in [0.25, 0.3) is 0 Å². The van der Waals surface area contributed by atoms with Crippen LogP contribution < -0.4 is 10.2 Å². The van der Waals surface area contributed by atoms with Gasteiger partial charge in [0, 0.05) is 51.5 Å². The molecule has 0 radical (unpaired) electrons. The van der Waals surface area contributed by atoms with Gasteiger partial charge in [-0.1, -0.05) is 13.8 Å². The zero-order valence-electron chi connectivity index (χ0n) is 17.8. The molecule has 4 heterocycles. The predicted molar refractivity (Wildman–Crippen MR) is 118 cm³/mol. The molecule has 0 atom stereocenters. The highest BCUT2D eigenvalue weighted by atomic mass is 32.2. The Hall–Kier alpha value is -3.05. The molecule has 1 fully saturated rings. The molecular formula is C20H26N8O2S. The van der Waals surface area contributed by atoms with Crippen molar-refractivity contribution >= 4 is 27.3 Å². The molecule has 0 spiro atoms. The highest BCUT2D eigenvalue weighted by Gasteiger charge is 2.31. The Kier molecular flexibility index (Phi) is 5.88. The molecule has 0 bridgehead atoms. The van der Waals surface area contributed by atoms with Crippen molar-refractivity contribution in [2.75, 3.05) is 36.4 Å². The topological polar surface area (TPSA) is 109 Å². The maximum atomic E-state index is 13.0. The van der Waals surface area contributed by atoms with E-state index in [9.17, 15) is 8.42 Å². The molecule has 11 heteroatoms. The standard InChI is InChI=1S/C20H26N8O2S/c1-15(2)20-23-19(14-26(20)3)31(29,30)28-11-9-27(10-12-28)18-7-6-17(24-25-18)22-16-5-4-8-21-13-16/h4-8,13-15H,9-12H2,1-3H3,(H,22,24). The lowest BCUT2D eigenvalue weighted by Gasteiger charge is -2.34. The van der Waals surface area contributed by atoms with Crippen molar-refractivity contribution in [2.45, 2.75) is 24.8 Å². The Balaban J connectivity index is 1.39. The molecule has 3 aromatic rings. The molecule has 1 saturated heterocycles. The summed E-state index contributed by atoms with van der Waals surface area (Å²) in [6.07, 6.45) is 5.01. The van der Waals surface area contributed by atoms with Crippen LogP contribution in [-0.2, 0) is 17.1 Å². The van der Waals surface area contributed by atoms with Crippen molar-refractivity contribution in [1.29, 1.82) is 0 Å². The fraction of sp³-hybridized carbons (Fsp3) is 0.400. The summed E-state index contributed by atoms with van der Waals surface area (Å²) in [5.74, 6) is 2.25. The molecule has 1 aliphatic heterocycles. The zero-order chi connectivity index (χ0) is 22.0. The lowest BCUT2D eigenvalue weighted by atomic mass is 10.2. The van der Waals surface area contributed by atoms with Gasteiger partial charge in [0.2, 0.25) is 0 Å². The van der Waals surface area contributed by atoms with Gasteiger partial charge in [-0.2, -0.15) is 4.31 Å². The number of anilines is 3. The number of aryl methyl sites for hydroxylation is 1. The largest absolute Gasteiger partial charge is 0.352 e. The van der Waals surface area contributed by atoms with Crippen molar-refractivity contribution in [3.8, 4) is 0 Å². The van der Waals surface area contributed by atoms with Crippen LogP contribution in [0.5, 0.6) is 0 Å². The predicted octanol–water partition coefficient (Wildman–Crippen LogP) is 1.98. The van der Waals surface area contributed by atoms with Gasteiger partial charge < -0.3 is 14.8 Å². The first-order valence-corrected chi connectivity index (χ1v) is 11.6. The fourth-order valence-electron chi connectivity index (χ4n) is 3.55. The maximum Gasteiger partial charge on any atom is 0.262 e. The molecule has 10 nitrogen and oxygen atoms in total. The van der Waals surface area contributed by atoms with Crippen LogP contribution in [0.4, 0.5) is 17.3 Å². The molecule has 0 aromatic carbocycles. The first-order valence-electron chi connectivity index (χ1n) is 10.1. The van der Waals surface area contributed by atoms with E-state index in [1.165, 1.54) is 4.31 Å². The van der Waals surface area contributed by atoms with E-state index >= 15 is 0 Å². The number of nitrogens with one attached hydrogen (secondary N) is 1. The van der Waals surface area contributed by atoms with E-state index in [0.717, 1.165) is 11.5 Å². The fourth-order valence-corrected chi connectivity index (χ4v) is 4.96. The van der Waals surface area contributed by atoms with Crippen LogP contribution in [0.2, 0.25) is 0 Å². The number of hydrogen-bond acceptors (Lipinski definition) is 8. The first-order chi connectivity index (χ1) is 14.8. The van der Waals surface area contributed by atoms with Gasteiger partial charge in [0.05, 0.1) is 11.9 Å². The third-order valence-electron chi connectivity index (χ3n) is 5.16. The van der Waals surface area contributed by atoms with Gasteiger partial charge in [0.25, 0.3) is 10.0 Å². The van der Waals surface area contributed by atoms with E-state index in [4.69, 9.17) is 0 Å². The molecule has 31 heavy (non-hydrogen) atoms. The van der Waals surface area contributed by atoms with Crippen LogP contribution in [0.15, 0.2) is 47.9 Å². The number of aromatic nitrogens is 5. The number of hydrogen-bond donors (Lipinski definition) is 1. The van der Waals surface area contributed by atoms with Crippen LogP contribution in [0.3, 0.4) is 0 Å². The lowest BCUT2D eigenvalue weighted by Crippen LogP contribution is -2.49. The number of rotatable bonds is 6. The summed E-state index contributed by atoms with van der Waals surface area (Å²) in [4.78, 5) is 10.5. The molecule has 0 amide bonds. The van der Waals surface area contributed by atoms with Gasteiger partial charge in [-0.25, -0.2) is 13.4 Å². The zero-order valence-corrected chi connectivity index (χ0v) is 18.6. The second kappa shape index (κ2) is 8.60. The molecule has 1 aliphatic rings. The minimum absolute atomic E-state index is 0.109. The van der Waals surface area contributed by atoms with Crippen molar-refractivity contribution in [1.82, 2.24) is 29.0 Å².